The smallest absolute Gasteiger partial charge is 0.412 e. The van der Waals surface area contributed by atoms with Crippen LogP contribution in [0.2, 0.25) is 0 Å². The van der Waals surface area contributed by atoms with Gasteiger partial charge in [0.05, 0.1) is 0 Å². The molecule has 20 heavy (non-hydrogen) atoms. The third-order valence-corrected chi connectivity index (χ3v) is 2.51. The van der Waals surface area contributed by atoms with Gasteiger partial charge in [0.15, 0.2) is 0 Å². The van der Waals surface area contributed by atoms with Crippen LogP contribution in [-0.2, 0) is 4.74 Å². The molecule has 0 aliphatic rings. The fourth-order valence-corrected chi connectivity index (χ4v) is 1.68. The monoisotopic (exact) mass is 282 g/mol. The molecule has 5 N–H and O–H groups in total. The molecule has 0 radical (unpaired) electrons. The van der Waals surface area contributed by atoms with Crippen LogP contribution >= 0.6 is 0 Å². The molecule has 1 aromatic rings. The van der Waals surface area contributed by atoms with Crippen molar-refractivity contribution in [1.82, 2.24) is 0 Å². The molecule has 1 amide bonds. The van der Waals surface area contributed by atoms with Gasteiger partial charge in [-0.1, -0.05) is 0 Å². The number of benzene rings is 1. The van der Waals surface area contributed by atoms with Gasteiger partial charge >= 0.3 is 6.09 Å². The highest BCUT2D eigenvalue weighted by atomic mass is 16.6. The lowest BCUT2D eigenvalue weighted by Crippen LogP contribution is -2.28. The Balaban J connectivity index is 2.91. The minimum absolute atomic E-state index is 0.0446. The van der Waals surface area contributed by atoms with Crippen molar-refractivity contribution in [3.05, 3.63) is 23.8 Å². The molecule has 0 aliphatic carbocycles. The van der Waals surface area contributed by atoms with Crippen molar-refractivity contribution in [1.29, 1.82) is 0 Å². The van der Waals surface area contributed by atoms with E-state index in [2.05, 4.69) is 5.32 Å². The summed E-state index contributed by atoms with van der Waals surface area (Å²) >= 11 is 0. The van der Waals surface area contributed by atoms with E-state index in [1.54, 1.807) is 26.8 Å². The van der Waals surface area contributed by atoms with Gasteiger partial charge in [-0.3, -0.25) is 5.32 Å². The molecule has 112 valence electrons. The van der Waals surface area contributed by atoms with Crippen molar-refractivity contribution in [3.63, 3.8) is 0 Å². The van der Waals surface area contributed by atoms with Crippen LogP contribution in [0.1, 0.15) is 38.8 Å². The second-order valence-electron chi connectivity index (χ2n) is 5.52. The Morgan fingerprint density at radius 3 is 2.65 bits per heavy atom. The van der Waals surface area contributed by atoms with Gasteiger partial charge in [-0.2, -0.15) is 0 Å². The van der Waals surface area contributed by atoms with Crippen LogP contribution < -0.4 is 11.1 Å². The number of phenols is 1. The molecular weight excluding hydrogens is 260 g/mol. The van der Waals surface area contributed by atoms with Gasteiger partial charge in [-0.15, -0.1) is 0 Å². The molecule has 1 aromatic carbocycles. The Morgan fingerprint density at radius 1 is 1.45 bits per heavy atom. The van der Waals surface area contributed by atoms with E-state index >= 15 is 0 Å². The molecule has 0 aliphatic heterocycles. The Hall–Kier alpha value is -1.79. The highest BCUT2D eigenvalue weighted by molar-refractivity contribution is 5.86. The quantitative estimate of drug-likeness (QED) is 0.633. The molecule has 0 spiro atoms. The van der Waals surface area contributed by atoms with Gasteiger partial charge < -0.3 is 20.7 Å². The topological polar surface area (TPSA) is 105 Å². The first-order valence-corrected chi connectivity index (χ1v) is 6.42. The van der Waals surface area contributed by atoms with E-state index in [-0.39, 0.29) is 12.4 Å². The number of phenolic OH excluding ortho intramolecular Hbond substituents is 1. The molecule has 0 saturated heterocycles. The first-order chi connectivity index (χ1) is 9.23. The number of amides is 1. The van der Waals surface area contributed by atoms with Crippen molar-refractivity contribution in [2.45, 2.75) is 38.8 Å². The zero-order valence-corrected chi connectivity index (χ0v) is 12.0. The summed E-state index contributed by atoms with van der Waals surface area (Å²) in [5.74, 6) is 0.0446. The average molecular weight is 282 g/mol. The van der Waals surface area contributed by atoms with E-state index in [4.69, 9.17) is 15.6 Å². The number of aromatic hydroxyl groups is 1. The Morgan fingerprint density at radius 2 is 2.10 bits per heavy atom. The zero-order valence-electron chi connectivity index (χ0n) is 12.0. The maximum absolute atomic E-state index is 11.8. The molecule has 0 fully saturated rings. The number of carbonyl (C=O) groups excluding carboxylic acids is 1. The highest BCUT2D eigenvalue weighted by Gasteiger charge is 2.19. The van der Waals surface area contributed by atoms with E-state index in [1.165, 1.54) is 12.1 Å². The number of nitrogens with two attached hydrogens (primary N) is 1. The summed E-state index contributed by atoms with van der Waals surface area (Å²) in [5, 5.41) is 21.1. The summed E-state index contributed by atoms with van der Waals surface area (Å²) in [6, 6.07) is 3.97. The number of nitrogens with one attached hydrogen (secondary N) is 1. The molecule has 0 saturated carbocycles. The van der Waals surface area contributed by atoms with Gasteiger partial charge in [-0.25, -0.2) is 4.79 Å². The number of hydrogen-bond donors (Lipinski definition) is 4. The minimum Gasteiger partial charge on any atom is -0.508 e. The molecule has 1 atom stereocenters. The van der Waals surface area contributed by atoms with Crippen molar-refractivity contribution >= 4 is 11.8 Å². The second kappa shape index (κ2) is 6.58. The molecule has 6 heteroatoms. The molecule has 1 unspecified atom stereocenters. The van der Waals surface area contributed by atoms with Gasteiger partial charge in [0.2, 0.25) is 0 Å². The minimum atomic E-state index is -0.603. The summed E-state index contributed by atoms with van der Waals surface area (Å²) in [6.07, 6.45) is -0.271. The van der Waals surface area contributed by atoms with Crippen LogP contribution in [-0.4, -0.2) is 28.5 Å². The van der Waals surface area contributed by atoms with Crippen LogP contribution in [0.25, 0.3) is 0 Å². The van der Waals surface area contributed by atoms with Crippen LogP contribution in [0.15, 0.2) is 18.2 Å². The van der Waals surface area contributed by atoms with E-state index in [1.807, 2.05) is 0 Å². The second-order valence-corrected chi connectivity index (χ2v) is 5.52. The van der Waals surface area contributed by atoms with Crippen molar-refractivity contribution in [2.75, 3.05) is 11.9 Å². The number of anilines is 1. The predicted molar refractivity (Wildman–Crippen MR) is 76.6 cm³/mol. The number of rotatable bonds is 4. The molecule has 0 heterocycles. The first kappa shape index (κ1) is 16.3. The van der Waals surface area contributed by atoms with Crippen LogP contribution in [0, 0.1) is 0 Å². The Labute approximate surface area is 118 Å². The molecule has 1 rings (SSSR count). The van der Waals surface area contributed by atoms with Crippen molar-refractivity contribution in [3.8, 4) is 5.75 Å². The maximum atomic E-state index is 11.8. The highest BCUT2D eigenvalue weighted by Crippen LogP contribution is 2.28. The summed E-state index contributed by atoms with van der Waals surface area (Å²) in [7, 11) is 0. The van der Waals surface area contributed by atoms with E-state index in [0.29, 0.717) is 17.7 Å². The molecular formula is C14H22N2O4. The number of carbonyl (C=O) groups is 1. The fraction of sp³-hybridized carbons (Fsp3) is 0.500. The zero-order chi connectivity index (χ0) is 15.3. The average Bonchev–Trinajstić information content (AvgIpc) is 2.29. The van der Waals surface area contributed by atoms with Crippen LogP contribution in [0.5, 0.6) is 5.75 Å². The molecule has 0 aromatic heterocycles. The Kier molecular flexibility index (Phi) is 5.35. The van der Waals surface area contributed by atoms with Crippen LogP contribution in [0.4, 0.5) is 10.5 Å². The van der Waals surface area contributed by atoms with Gasteiger partial charge in [0.25, 0.3) is 0 Å². The lowest BCUT2D eigenvalue weighted by atomic mass is 10.0. The number of aliphatic hydroxyl groups is 1. The summed E-state index contributed by atoms with van der Waals surface area (Å²) in [5.41, 5.74) is 6.31. The van der Waals surface area contributed by atoms with E-state index in [0.717, 1.165) is 0 Å². The number of aliphatic hydroxyl groups excluding tert-OH is 1. The summed E-state index contributed by atoms with van der Waals surface area (Å²) in [4.78, 5) is 11.8. The van der Waals surface area contributed by atoms with Gasteiger partial charge in [-0.05, 0) is 51.0 Å². The Bertz CT molecular complexity index is 469. The SMILES string of the molecule is CC(C)(C)OC(=O)Nc1ccc(O)cc1C(N)CCO. The van der Waals surface area contributed by atoms with Crippen molar-refractivity contribution in [2.24, 2.45) is 5.73 Å². The largest absolute Gasteiger partial charge is 0.508 e. The summed E-state index contributed by atoms with van der Waals surface area (Å²) < 4.78 is 5.16. The lowest BCUT2D eigenvalue weighted by molar-refractivity contribution is 0.0635. The number of hydrogen-bond acceptors (Lipinski definition) is 5. The lowest BCUT2D eigenvalue weighted by Gasteiger charge is -2.21. The van der Waals surface area contributed by atoms with E-state index in [9.17, 15) is 9.90 Å². The third-order valence-electron chi connectivity index (χ3n) is 2.51. The van der Waals surface area contributed by atoms with Gasteiger partial charge in [0, 0.05) is 18.3 Å². The standard InChI is InChI=1S/C14H22N2O4/c1-14(2,3)20-13(19)16-12-5-4-9(18)8-10(12)11(15)6-7-17/h4-5,8,11,17-18H,6-7,15H2,1-3H3,(H,16,19). The van der Waals surface area contributed by atoms with Crippen molar-refractivity contribution < 1.29 is 19.7 Å². The number of ether oxygens (including phenoxy) is 1. The molecule has 0 bridgehead atoms. The summed E-state index contributed by atoms with van der Waals surface area (Å²) in [6.45, 7) is 5.22. The fourth-order valence-electron chi connectivity index (χ4n) is 1.68. The molecule has 6 nitrogen and oxygen atoms in total. The van der Waals surface area contributed by atoms with Crippen LogP contribution in [0.3, 0.4) is 0 Å². The maximum Gasteiger partial charge on any atom is 0.412 e. The van der Waals surface area contributed by atoms with Gasteiger partial charge in [0.1, 0.15) is 11.4 Å². The normalized spacial score (nSPS) is 12.8. The first-order valence-electron chi connectivity index (χ1n) is 6.42. The van der Waals surface area contributed by atoms with E-state index < -0.39 is 17.7 Å². The predicted octanol–water partition coefficient (Wildman–Crippen LogP) is 2.12. The third kappa shape index (κ3) is 5.07.